The molecule has 6 fully saturated rings. The third-order valence-electron chi connectivity index (χ3n) is 11.1. The van der Waals surface area contributed by atoms with Gasteiger partial charge in [0.2, 0.25) is 0 Å². The van der Waals surface area contributed by atoms with Crippen molar-refractivity contribution < 1.29 is 35.0 Å². The molecule has 8 nitrogen and oxygen atoms in total. The van der Waals surface area contributed by atoms with E-state index in [4.69, 9.17) is 9.47 Å². The summed E-state index contributed by atoms with van der Waals surface area (Å²) >= 11 is 0. The Balaban J connectivity index is 1.68. The maximum absolute atomic E-state index is 12.6. The largest absolute Gasteiger partial charge is 0.396 e. The second-order valence-corrected chi connectivity index (χ2v) is 11.4. The molecule has 6 rings (SSSR count). The molecule has 0 amide bonds. The quantitative estimate of drug-likeness (QED) is 0.377. The summed E-state index contributed by atoms with van der Waals surface area (Å²) in [5.41, 5.74) is -4.33. The zero-order chi connectivity index (χ0) is 22.1. The molecule has 8 heteroatoms. The van der Waals surface area contributed by atoms with Gasteiger partial charge in [-0.1, -0.05) is 6.92 Å². The van der Waals surface area contributed by atoms with E-state index in [1.807, 2.05) is 0 Å². The lowest BCUT2D eigenvalue weighted by Crippen LogP contribution is -2.81. The van der Waals surface area contributed by atoms with Crippen LogP contribution in [0.4, 0.5) is 0 Å². The maximum atomic E-state index is 12.6. The van der Waals surface area contributed by atoms with E-state index in [2.05, 4.69) is 11.8 Å². The average Bonchev–Trinajstić information content (AvgIpc) is 3.13. The van der Waals surface area contributed by atoms with Gasteiger partial charge in [0.1, 0.15) is 0 Å². The molecule has 1 heterocycles. The van der Waals surface area contributed by atoms with Crippen molar-refractivity contribution in [3.63, 3.8) is 0 Å². The Morgan fingerprint density at radius 1 is 1.06 bits per heavy atom. The van der Waals surface area contributed by atoms with E-state index in [9.17, 15) is 25.5 Å². The summed E-state index contributed by atoms with van der Waals surface area (Å²) in [6.07, 6.45) is -0.720. The highest BCUT2D eigenvalue weighted by atomic mass is 16.5. The number of nitrogens with zero attached hydrogens (tertiary/aromatic N) is 1. The third-order valence-corrected chi connectivity index (χ3v) is 11.1. The van der Waals surface area contributed by atoms with Crippen LogP contribution in [0, 0.1) is 34.5 Å². The van der Waals surface area contributed by atoms with Crippen LogP contribution in [-0.2, 0) is 9.47 Å². The Morgan fingerprint density at radius 3 is 2.42 bits per heavy atom. The summed E-state index contributed by atoms with van der Waals surface area (Å²) in [4.78, 5) is 2.27. The smallest absolute Gasteiger partial charge is 0.0832 e. The van der Waals surface area contributed by atoms with E-state index >= 15 is 0 Å². The Morgan fingerprint density at radius 2 is 1.81 bits per heavy atom. The number of likely N-dealkylation sites (tertiary alicyclic amines) is 1. The first kappa shape index (κ1) is 21.2. The number of ether oxygens (including phenoxy) is 2. The second-order valence-electron chi connectivity index (χ2n) is 11.4. The van der Waals surface area contributed by atoms with Gasteiger partial charge < -0.3 is 35.0 Å². The number of fused-ring (bicyclic) bond motifs is 2. The Hall–Kier alpha value is -0.320. The summed E-state index contributed by atoms with van der Waals surface area (Å²) in [7, 11) is 3.24. The van der Waals surface area contributed by atoms with Crippen LogP contribution in [-0.4, -0.2) is 106 Å². The van der Waals surface area contributed by atoms with Gasteiger partial charge >= 0.3 is 0 Å². The molecule has 1 spiro atoms. The standard InChI is InChI=1S/C23H37NO7/c1-4-24-9-20(10-25)6-5-13(26)23-18(20)16(31-3)14(19(23)24)21(28)8-12(30-2)11-7-22(23,29)17(21)15(11)27/h11-19,25-29H,4-10H2,1-3H3/t11-,12+,13+,14?,15+,16+,17-,18-,19-,20+,21+,22+,23-/m1/s1. The predicted molar refractivity (Wildman–Crippen MR) is 109 cm³/mol. The molecule has 1 saturated heterocycles. The van der Waals surface area contributed by atoms with Crippen LogP contribution in [0.25, 0.3) is 0 Å². The molecule has 176 valence electrons. The monoisotopic (exact) mass is 439 g/mol. The zero-order valence-corrected chi connectivity index (χ0v) is 18.6. The minimum atomic E-state index is -1.47. The van der Waals surface area contributed by atoms with Crippen LogP contribution in [0.2, 0.25) is 0 Å². The summed E-state index contributed by atoms with van der Waals surface area (Å²) in [6, 6.07) is -0.282. The van der Waals surface area contributed by atoms with Crippen molar-refractivity contribution in [2.24, 2.45) is 34.5 Å². The lowest BCUT2D eigenvalue weighted by Gasteiger charge is -2.70. The molecule has 5 saturated carbocycles. The molecule has 5 aliphatic carbocycles. The molecule has 0 aromatic carbocycles. The molecule has 7 bridgehead atoms. The molecule has 1 unspecified atom stereocenters. The molecule has 0 aromatic heterocycles. The summed E-state index contributed by atoms with van der Waals surface area (Å²) in [5, 5.41) is 58.8. The van der Waals surface area contributed by atoms with E-state index < -0.39 is 46.3 Å². The Kier molecular flexibility index (Phi) is 4.26. The summed E-state index contributed by atoms with van der Waals surface area (Å²) in [6.45, 7) is 3.37. The number of aliphatic hydroxyl groups excluding tert-OH is 3. The van der Waals surface area contributed by atoms with Crippen LogP contribution < -0.4 is 0 Å². The topological polar surface area (TPSA) is 123 Å². The van der Waals surface area contributed by atoms with Gasteiger partial charge in [-0.2, -0.15) is 0 Å². The first-order chi connectivity index (χ1) is 14.7. The van der Waals surface area contributed by atoms with Crippen LogP contribution in [0.5, 0.6) is 0 Å². The van der Waals surface area contributed by atoms with Crippen LogP contribution in [0.15, 0.2) is 0 Å². The summed E-state index contributed by atoms with van der Waals surface area (Å²) in [5.74, 6) is -1.73. The van der Waals surface area contributed by atoms with Crippen molar-refractivity contribution in [3.8, 4) is 0 Å². The lowest BCUT2D eigenvalue weighted by molar-refractivity contribution is -0.325. The highest BCUT2D eigenvalue weighted by molar-refractivity contribution is 5.40. The van der Waals surface area contributed by atoms with Crippen molar-refractivity contribution >= 4 is 0 Å². The third kappa shape index (κ3) is 1.93. The first-order valence-electron chi connectivity index (χ1n) is 11.9. The number of aliphatic hydroxyl groups is 5. The minimum Gasteiger partial charge on any atom is -0.396 e. The van der Waals surface area contributed by atoms with Crippen molar-refractivity contribution in [3.05, 3.63) is 0 Å². The van der Waals surface area contributed by atoms with Gasteiger partial charge in [0.15, 0.2) is 0 Å². The van der Waals surface area contributed by atoms with Gasteiger partial charge in [-0.3, -0.25) is 4.90 Å². The van der Waals surface area contributed by atoms with E-state index in [1.54, 1.807) is 14.2 Å². The molecule has 0 radical (unpaired) electrons. The van der Waals surface area contributed by atoms with Crippen molar-refractivity contribution in [2.75, 3.05) is 33.9 Å². The molecule has 6 aliphatic rings. The molecule has 5 N–H and O–H groups in total. The molecule has 1 aliphatic heterocycles. The molecular weight excluding hydrogens is 402 g/mol. The number of hydrogen-bond donors (Lipinski definition) is 5. The van der Waals surface area contributed by atoms with Gasteiger partial charge in [0.05, 0.1) is 42.2 Å². The van der Waals surface area contributed by atoms with Crippen molar-refractivity contribution in [1.82, 2.24) is 4.90 Å². The number of hydrogen-bond acceptors (Lipinski definition) is 8. The van der Waals surface area contributed by atoms with Gasteiger partial charge in [-0.15, -0.1) is 0 Å². The van der Waals surface area contributed by atoms with Gasteiger partial charge in [-0.05, 0) is 25.8 Å². The van der Waals surface area contributed by atoms with E-state index in [0.717, 1.165) is 0 Å². The van der Waals surface area contributed by atoms with Crippen LogP contribution in [0.3, 0.4) is 0 Å². The Bertz CT molecular complexity index is 783. The average molecular weight is 440 g/mol. The Labute approximate surface area is 183 Å². The SMILES string of the molecule is CCN1C[C@]2(CO)CC[C@H](O)[C@@]34[C@@H]2[C@@H](OC)C([C@@H]13)[C@@]1(O)C[C@H](OC)[C@H]2C[C@]4(O)[C@@H]1[C@H]2O. The molecular formula is C23H37NO7. The molecule has 0 aromatic rings. The van der Waals surface area contributed by atoms with Crippen LogP contribution >= 0.6 is 0 Å². The first-order valence-corrected chi connectivity index (χ1v) is 11.9. The van der Waals surface area contributed by atoms with E-state index in [1.165, 1.54) is 0 Å². The van der Waals surface area contributed by atoms with E-state index in [0.29, 0.717) is 32.4 Å². The normalized spacial score (nSPS) is 64.1. The maximum Gasteiger partial charge on any atom is 0.0832 e. The van der Waals surface area contributed by atoms with Crippen molar-refractivity contribution in [1.29, 1.82) is 0 Å². The molecule has 31 heavy (non-hydrogen) atoms. The molecule has 13 atom stereocenters. The fourth-order valence-electron chi connectivity index (χ4n) is 10.5. The lowest BCUT2D eigenvalue weighted by atomic mass is 9.41. The van der Waals surface area contributed by atoms with Crippen molar-refractivity contribution in [2.45, 2.75) is 74.3 Å². The van der Waals surface area contributed by atoms with Gasteiger partial charge in [0, 0.05) is 67.7 Å². The zero-order valence-electron chi connectivity index (χ0n) is 18.6. The highest BCUT2D eigenvalue weighted by Crippen LogP contribution is 2.80. The van der Waals surface area contributed by atoms with Gasteiger partial charge in [0.25, 0.3) is 0 Å². The fourth-order valence-corrected chi connectivity index (χ4v) is 10.5. The number of methoxy groups -OCH3 is 2. The predicted octanol–water partition coefficient (Wildman–Crippen LogP) is -1.04. The second kappa shape index (κ2) is 6.21. The minimum absolute atomic E-state index is 0.0478. The number of piperidine rings is 1. The summed E-state index contributed by atoms with van der Waals surface area (Å²) < 4.78 is 11.9. The van der Waals surface area contributed by atoms with E-state index in [-0.39, 0.29) is 42.9 Å². The number of rotatable bonds is 4. The van der Waals surface area contributed by atoms with Gasteiger partial charge in [-0.25, -0.2) is 0 Å². The van der Waals surface area contributed by atoms with Crippen LogP contribution in [0.1, 0.15) is 32.6 Å². The highest BCUT2D eigenvalue weighted by Gasteiger charge is 2.90. The fraction of sp³-hybridized carbons (Fsp3) is 1.00.